The molecule has 1 heterocycles. The smallest absolute Gasteiger partial charge is 0.331 e. The molecule has 0 radical (unpaired) electrons. The minimum absolute atomic E-state index is 0.0665. The highest BCUT2D eigenvalue weighted by Crippen LogP contribution is 2.25. The summed E-state index contributed by atoms with van der Waals surface area (Å²) in [5.41, 5.74) is -0.908. The SMILES string of the molecule is C=CCN1C=CC(=O)CC1(C)C(=O)OC. The molecular formula is C11H15NO3. The van der Waals surface area contributed by atoms with Gasteiger partial charge in [0.15, 0.2) is 5.78 Å². The van der Waals surface area contributed by atoms with Crippen LogP contribution in [0.1, 0.15) is 13.3 Å². The lowest BCUT2D eigenvalue weighted by molar-refractivity contribution is -0.154. The monoisotopic (exact) mass is 209 g/mol. The number of methoxy groups -OCH3 is 1. The van der Waals surface area contributed by atoms with Crippen LogP contribution in [0.4, 0.5) is 0 Å². The molecule has 1 unspecified atom stereocenters. The van der Waals surface area contributed by atoms with Crippen LogP contribution in [0.5, 0.6) is 0 Å². The van der Waals surface area contributed by atoms with E-state index in [2.05, 4.69) is 6.58 Å². The van der Waals surface area contributed by atoms with E-state index < -0.39 is 11.5 Å². The Kier molecular flexibility index (Phi) is 3.29. The third-order valence-electron chi connectivity index (χ3n) is 2.54. The number of hydrogen-bond acceptors (Lipinski definition) is 4. The zero-order chi connectivity index (χ0) is 11.5. The number of ether oxygens (including phenoxy) is 1. The maximum Gasteiger partial charge on any atom is 0.331 e. The molecule has 0 amide bonds. The quantitative estimate of drug-likeness (QED) is 0.511. The van der Waals surface area contributed by atoms with Crippen LogP contribution in [-0.2, 0) is 14.3 Å². The first-order valence-corrected chi connectivity index (χ1v) is 4.71. The first-order valence-electron chi connectivity index (χ1n) is 4.71. The number of carbonyl (C=O) groups is 2. The highest BCUT2D eigenvalue weighted by molar-refractivity contribution is 5.97. The van der Waals surface area contributed by atoms with Crippen molar-refractivity contribution in [1.82, 2.24) is 4.90 Å². The van der Waals surface area contributed by atoms with Crippen LogP contribution in [-0.4, -0.2) is 35.8 Å². The molecule has 4 heteroatoms. The molecule has 1 atom stereocenters. The summed E-state index contributed by atoms with van der Waals surface area (Å²) in [5, 5.41) is 0. The van der Waals surface area contributed by atoms with Crippen LogP contribution in [0, 0.1) is 0 Å². The third kappa shape index (κ3) is 2.09. The van der Waals surface area contributed by atoms with Crippen molar-refractivity contribution in [2.45, 2.75) is 18.9 Å². The predicted molar refractivity (Wildman–Crippen MR) is 56.1 cm³/mol. The van der Waals surface area contributed by atoms with Gasteiger partial charge in [-0.2, -0.15) is 0 Å². The van der Waals surface area contributed by atoms with E-state index in [-0.39, 0.29) is 12.2 Å². The highest BCUT2D eigenvalue weighted by Gasteiger charge is 2.42. The number of esters is 1. The number of allylic oxidation sites excluding steroid dienone is 1. The summed E-state index contributed by atoms with van der Waals surface area (Å²) < 4.78 is 4.72. The van der Waals surface area contributed by atoms with Gasteiger partial charge in [-0.3, -0.25) is 4.79 Å². The van der Waals surface area contributed by atoms with Crippen LogP contribution < -0.4 is 0 Å². The average molecular weight is 209 g/mol. The van der Waals surface area contributed by atoms with Gasteiger partial charge in [0.2, 0.25) is 0 Å². The van der Waals surface area contributed by atoms with Gasteiger partial charge < -0.3 is 9.64 Å². The van der Waals surface area contributed by atoms with Gasteiger partial charge in [-0.05, 0) is 13.0 Å². The molecular weight excluding hydrogens is 194 g/mol. The fourth-order valence-corrected chi connectivity index (χ4v) is 1.65. The summed E-state index contributed by atoms with van der Waals surface area (Å²) in [6, 6.07) is 0. The van der Waals surface area contributed by atoms with Gasteiger partial charge in [0.1, 0.15) is 5.54 Å². The molecule has 0 saturated heterocycles. The van der Waals surface area contributed by atoms with Gasteiger partial charge in [0.25, 0.3) is 0 Å². The predicted octanol–water partition coefficient (Wildman–Crippen LogP) is 0.893. The third-order valence-corrected chi connectivity index (χ3v) is 2.54. The number of ketones is 1. The second kappa shape index (κ2) is 4.29. The normalized spacial score (nSPS) is 25.2. The van der Waals surface area contributed by atoms with Gasteiger partial charge in [0.05, 0.1) is 7.11 Å². The molecule has 0 saturated carbocycles. The van der Waals surface area contributed by atoms with Crippen molar-refractivity contribution in [3.8, 4) is 0 Å². The summed E-state index contributed by atoms with van der Waals surface area (Å²) in [7, 11) is 1.32. The summed E-state index contributed by atoms with van der Waals surface area (Å²) >= 11 is 0. The standard InChI is InChI=1S/C11H15NO3/c1-4-6-12-7-5-9(13)8-11(12,2)10(14)15-3/h4-5,7H,1,6,8H2,2-3H3. The number of nitrogens with zero attached hydrogens (tertiary/aromatic N) is 1. The van der Waals surface area contributed by atoms with Crippen molar-refractivity contribution in [1.29, 1.82) is 0 Å². The number of rotatable bonds is 3. The molecule has 82 valence electrons. The van der Waals surface area contributed by atoms with Crippen molar-refractivity contribution in [3.63, 3.8) is 0 Å². The van der Waals surface area contributed by atoms with Crippen LogP contribution >= 0.6 is 0 Å². The van der Waals surface area contributed by atoms with Crippen molar-refractivity contribution < 1.29 is 14.3 Å². The van der Waals surface area contributed by atoms with Crippen LogP contribution in [0.15, 0.2) is 24.9 Å². The minimum atomic E-state index is -0.908. The zero-order valence-corrected chi connectivity index (χ0v) is 9.03. The summed E-state index contributed by atoms with van der Waals surface area (Å²) in [6.45, 7) is 5.82. The average Bonchev–Trinajstić information content (AvgIpc) is 2.21. The van der Waals surface area contributed by atoms with E-state index in [1.54, 1.807) is 24.1 Å². The maximum absolute atomic E-state index is 11.6. The first-order chi connectivity index (χ1) is 7.04. The Balaban J connectivity index is 3.00. The zero-order valence-electron chi connectivity index (χ0n) is 9.03. The van der Waals surface area contributed by atoms with Crippen LogP contribution in [0.25, 0.3) is 0 Å². The molecule has 0 aromatic heterocycles. The summed E-state index contributed by atoms with van der Waals surface area (Å²) in [6.07, 6.45) is 4.91. The molecule has 0 aliphatic carbocycles. The number of hydrogen-bond donors (Lipinski definition) is 0. The Morgan fingerprint density at radius 2 is 2.47 bits per heavy atom. The fraction of sp³-hybridized carbons (Fsp3) is 0.455. The topological polar surface area (TPSA) is 46.6 Å². The van der Waals surface area contributed by atoms with Gasteiger partial charge in [-0.1, -0.05) is 6.08 Å². The van der Waals surface area contributed by atoms with E-state index in [1.165, 1.54) is 13.2 Å². The molecule has 0 aromatic carbocycles. The fourth-order valence-electron chi connectivity index (χ4n) is 1.65. The Labute approximate surface area is 89.2 Å². The second-order valence-electron chi connectivity index (χ2n) is 3.67. The minimum Gasteiger partial charge on any atom is -0.467 e. The lowest BCUT2D eigenvalue weighted by atomic mass is 9.90. The van der Waals surface area contributed by atoms with E-state index in [1.807, 2.05) is 0 Å². The largest absolute Gasteiger partial charge is 0.467 e. The molecule has 1 rings (SSSR count). The number of carbonyl (C=O) groups excluding carboxylic acids is 2. The Hall–Kier alpha value is -1.58. The van der Waals surface area contributed by atoms with Crippen molar-refractivity contribution in [3.05, 3.63) is 24.9 Å². The van der Waals surface area contributed by atoms with Gasteiger partial charge in [-0.25, -0.2) is 4.79 Å². The summed E-state index contributed by atoms with van der Waals surface area (Å²) in [4.78, 5) is 24.7. The molecule has 0 bridgehead atoms. The molecule has 1 aliphatic heterocycles. The lowest BCUT2D eigenvalue weighted by Crippen LogP contribution is -2.53. The van der Waals surface area contributed by atoms with E-state index in [0.29, 0.717) is 6.54 Å². The molecule has 4 nitrogen and oxygen atoms in total. The molecule has 0 spiro atoms. The van der Waals surface area contributed by atoms with E-state index in [9.17, 15) is 9.59 Å². The van der Waals surface area contributed by atoms with Crippen molar-refractivity contribution in [2.75, 3.05) is 13.7 Å². The maximum atomic E-state index is 11.6. The lowest BCUT2D eigenvalue weighted by Gasteiger charge is -2.39. The molecule has 0 N–H and O–H groups in total. The van der Waals surface area contributed by atoms with Crippen molar-refractivity contribution >= 4 is 11.8 Å². The molecule has 0 fully saturated rings. The van der Waals surface area contributed by atoms with E-state index >= 15 is 0 Å². The van der Waals surface area contributed by atoms with E-state index in [0.717, 1.165) is 0 Å². The first kappa shape index (κ1) is 11.5. The molecule has 0 aromatic rings. The van der Waals surface area contributed by atoms with Gasteiger partial charge in [0, 0.05) is 19.2 Å². The molecule has 15 heavy (non-hydrogen) atoms. The van der Waals surface area contributed by atoms with Gasteiger partial charge in [-0.15, -0.1) is 6.58 Å². The Morgan fingerprint density at radius 3 is 3.00 bits per heavy atom. The van der Waals surface area contributed by atoms with Crippen molar-refractivity contribution in [2.24, 2.45) is 0 Å². The van der Waals surface area contributed by atoms with Crippen LogP contribution in [0.2, 0.25) is 0 Å². The summed E-state index contributed by atoms with van der Waals surface area (Å²) in [5.74, 6) is -0.467. The second-order valence-corrected chi connectivity index (χ2v) is 3.67. The van der Waals surface area contributed by atoms with E-state index in [4.69, 9.17) is 4.74 Å². The van der Waals surface area contributed by atoms with Crippen LogP contribution in [0.3, 0.4) is 0 Å². The molecule has 1 aliphatic rings. The Bertz CT molecular complexity index is 322. The Morgan fingerprint density at radius 1 is 1.80 bits per heavy atom. The highest BCUT2D eigenvalue weighted by atomic mass is 16.5. The van der Waals surface area contributed by atoms with Gasteiger partial charge >= 0.3 is 5.97 Å².